The lowest BCUT2D eigenvalue weighted by Gasteiger charge is -2.20. The first-order valence-corrected chi connectivity index (χ1v) is 6.80. The van der Waals surface area contributed by atoms with E-state index in [4.69, 9.17) is 5.11 Å². The summed E-state index contributed by atoms with van der Waals surface area (Å²) in [6.07, 6.45) is 0. The SMILES string of the molecule is CCN(C)C(=O)c1cccc(C(=O)N(CC)CCO)c1. The summed E-state index contributed by atoms with van der Waals surface area (Å²) in [6, 6.07) is 6.70. The Labute approximate surface area is 119 Å². The van der Waals surface area contributed by atoms with Crippen molar-refractivity contribution in [3.8, 4) is 0 Å². The maximum atomic E-state index is 12.3. The Bertz CT molecular complexity index is 474. The summed E-state index contributed by atoms with van der Waals surface area (Å²) >= 11 is 0. The topological polar surface area (TPSA) is 60.9 Å². The fourth-order valence-corrected chi connectivity index (χ4v) is 1.86. The summed E-state index contributed by atoms with van der Waals surface area (Å²) in [4.78, 5) is 27.5. The molecule has 0 heterocycles. The summed E-state index contributed by atoms with van der Waals surface area (Å²) in [5.74, 6) is -0.275. The van der Waals surface area contributed by atoms with E-state index in [1.165, 1.54) is 0 Å². The lowest BCUT2D eigenvalue weighted by molar-refractivity contribution is 0.0732. The summed E-state index contributed by atoms with van der Waals surface area (Å²) < 4.78 is 0. The Morgan fingerprint density at radius 1 is 1.10 bits per heavy atom. The maximum absolute atomic E-state index is 12.3. The fourth-order valence-electron chi connectivity index (χ4n) is 1.86. The minimum Gasteiger partial charge on any atom is -0.395 e. The number of hydrogen-bond donors (Lipinski definition) is 1. The van der Waals surface area contributed by atoms with E-state index in [9.17, 15) is 9.59 Å². The second kappa shape index (κ2) is 7.65. The molecule has 110 valence electrons. The molecule has 1 aromatic carbocycles. The molecule has 2 amide bonds. The van der Waals surface area contributed by atoms with Crippen molar-refractivity contribution in [3.05, 3.63) is 35.4 Å². The monoisotopic (exact) mass is 278 g/mol. The summed E-state index contributed by atoms with van der Waals surface area (Å²) in [5.41, 5.74) is 0.968. The predicted molar refractivity (Wildman–Crippen MR) is 77.7 cm³/mol. The highest BCUT2D eigenvalue weighted by atomic mass is 16.3. The molecule has 1 N–H and O–H groups in total. The van der Waals surface area contributed by atoms with Crippen molar-refractivity contribution in [1.29, 1.82) is 0 Å². The molecule has 0 aliphatic rings. The van der Waals surface area contributed by atoms with Gasteiger partial charge in [0, 0.05) is 37.8 Å². The Balaban J connectivity index is 2.98. The van der Waals surface area contributed by atoms with Gasteiger partial charge in [-0.05, 0) is 32.0 Å². The van der Waals surface area contributed by atoms with Gasteiger partial charge in [0.2, 0.25) is 0 Å². The number of benzene rings is 1. The third-order valence-electron chi connectivity index (χ3n) is 3.22. The van der Waals surface area contributed by atoms with Crippen LogP contribution in [0.4, 0.5) is 0 Å². The summed E-state index contributed by atoms with van der Waals surface area (Å²) in [5, 5.41) is 8.96. The van der Waals surface area contributed by atoms with Crippen LogP contribution < -0.4 is 0 Å². The van der Waals surface area contributed by atoms with Gasteiger partial charge in [0.15, 0.2) is 0 Å². The number of amides is 2. The molecular formula is C15H22N2O3. The first-order valence-electron chi connectivity index (χ1n) is 6.80. The predicted octanol–water partition coefficient (Wildman–Crippen LogP) is 1.23. The Morgan fingerprint density at radius 2 is 1.70 bits per heavy atom. The van der Waals surface area contributed by atoms with Gasteiger partial charge in [0.1, 0.15) is 0 Å². The van der Waals surface area contributed by atoms with Gasteiger partial charge in [-0.15, -0.1) is 0 Å². The van der Waals surface area contributed by atoms with Crippen LogP contribution in [0.15, 0.2) is 24.3 Å². The Kier molecular flexibility index (Phi) is 6.18. The van der Waals surface area contributed by atoms with Crippen molar-refractivity contribution in [3.63, 3.8) is 0 Å². The van der Waals surface area contributed by atoms with Crippen LogP contribution >= 0.6 is 0 Å². The van der Waals surface area contributed by atoms with E-state index < -0.39 is 0 Å². The van der Waals surface area contributed by atoms with Crippen LogP contribution in [-0.2, 0) is 0 Å². The van der Waals surface area contributed by atoms with Gasteiger partial charge in [-0.3, -0.25) is 9.59 Å². The molecule has 0 aliphatic carbocycles. The van der Waals surface area contributed by atoms with E-state index in [-0.39, 0.29) is 18.4 Å². The number of nitrogens with zero attached hydrogens (tertiary/aromatic N) is 2. The standard InChI is InChI=1S/C15H22N2O3/c1-4-16(3)14(19)12-7-6-8-13(11-12)15(20)17(5-2)9-10-18/h6-8,11,18H,4-5,9-10H2,1-3H3. The molecule has 0 atom stereocenters. The first kappa shape index (κ1) is 16.2. The zero-order valence-corrected chi connectivity index (χ0v) is 12.3. The maximum Gasteiger partial charge on any atom is 0.253 e. The van der Waals surface area contributed by atoms with Crippen molar-refractivity contribution < 1.29 is 14.7 Å². The van der Waals surface area contributed by atoms with Gasteiger partial charge >= 0.3 is 0 Å². The number of aliphatic hydroxyl groups excluding tert-OH is 1. The minimum atomic E-state index is -0.171. The highest BCUT2D eigenvalue weighted by molar-refractivity contribution is 5.99. The van der Waals surface area contributed by atoms with E-state index in [0.717, 1.165) is 0 Å². The third-order valence-corrected chi connectivity index (χ3v) is 3.22. The molecule has 0 unspecified atom stereocenters. The molecule has 0 aliphatic heterocycles. The first-order chi connectivity index (χ1) is 9.54. The summed E-state index contributed by atoms with van der Waals surface area (Å²) in [6.45, 7) is 5.11. The van der Waals surface area contributed by atoms with Crippen molar-refractivity contribution in [1.82, 2.24) is 9.80 Å². The smallest absolute Gasteiger partial charge is 0.253 e. The van der Waals surface area contributed by atoms with Crippen LogP contribution in [0.25, 0.3) is 0 Å². The lowest BCUT2D eigenvalue weighted by atomic mass is 10.1. The van der Waals surface area contributed by atoms with Crippen LogP contribution in [0.1, 0.15) is 34.6 Å². The number of rotatable bonds is 6. The second-order valence-corrected chi connectivity index (χ2v) is 4.51. The van der Waals surface area contributed by atoms with Gasteiger partial charge in [-0.25, -0.2) is 0 Å². The minimum absolute atomic E-state index is 0.0726. The zero-order chi connectivity index (χ0) is 15.1. The molecule has 0 spiro atoms. The molecule has 0 bridgehead atoms. The summed E-state index contributed by atoms with van der Waals surface area (Å²) in [7, 11) is 1.72. The van der Waals surface area contributed by atoms with E-state index in [0.29, 0.717) is 30.8 Å². The third kappa shape index (κ3) is 3.81. The van der Waals surface area contributed by atoms with Gasteiger partial charge in [0.25, 0.3) is 11.8 Å². The molecule has 5 heteroatoms. The fraction of sp³-hybridized carbons (Fsp3) is 0.467. The van der Waals surface area contributed by atoms with E-state index in [1.54, 1.807) is 41.1 Å². The van der Waals surface area contributed by atoms with Crippen LogP contribution in [0.3, 0.4) is 0 Å². The van der Waals surface area contributed by atoms with E-state index in [1.807, 2.05) is 13.8 Å². The number of aliphatic hydroxyl groups is 1. The van der Waals surface area contributed by atoms with Crippen LogP contribution in [0.2, 0.25) is 0 Å². The Hall–Kier alpha value is -1.88. The van der Waals surface area contributed by atoms with Crippen LogP contribution in [0, 0.1) is 0 Å². The normalized spacial score (nSPS) is 10.2. The number of carbonyl (C=O) groups is 2. The number of carbonyl (C=O) groups excluding carboxylic acids is 2. The highest BCUT2D eigenvalue weighted by Gasteiger charge is 2.16. The molecule has 1 rings (SSSR count). The van der Waals surface area contributed by atoms with Crippen LogP contribution in [0.5, 0.6) is 0 Å². The van der Waals surface area contributed by atoms with Gasteiger partial charge in [-0.2, -0.15) is 0 Å². The molecule has 0 saturated carbocycles. The van der Waals surface area contributed by atoms with Crippen LogP contribution in [-0.4, -0.2) is 60.0 Å². The highest BCUT2D eigenvalue weighted by Crippen LogP contribution is 2.10. The van der Waals surface area contributed by atoms with Crippen molar-refractivity contribution in [2.75, 3.05) is 33.3 Å². The lowest BCUT2D eigenvalue weighted by Crippen LogP contribution is -2.33. The molecule has 5 nitrogen and oxygen atoms in total. The second-order valence-electron chi connectivity index (χ2n) is 4.51. The molecular weight excluding hydrogens is 256 g/mol. The molecule has 0 fully saturated rings. The van der Waals surface area contributed by atoms with Gasteiger partial charge in [0.05, 0.1) is 6.61 Å². The molecule has 0 aromatic heterocycles. The quantitative estimate of drug-likeness (QED) is 0.851. The van der Waals surface area contributed by atoms with Crippen molar-refractivity contribution in [2.24, 2.45) is 0 Å². The Morgan fingerprint density at radius 3 is 2.20 bits per heavy atom. The zero-order valence-electron chi connectivity index (χ0n) is 12.3. The number of hydrogen-bond acceptors (Lipinski definition) is 3. The average molecular weight is 278 g/mol. The average Bonchev–Trinajstić information content (AvgIpc) is 2.50. The molecule has 0 radical (unpaired) electrons. The van der Waals surface area contributed by atoms with E-state index >= 15 is 0 Å². The molecule has 20 heavy (non-hydrogen) atoms. The van der Waals surface area contributed by atoms with Crippen molar-refractivity contribution >= 4 is 11.8 Å². The molecule has 1 aromatic rings. The van der Waals surface area contributed by atoms with E-state index in [2.05, 4.69) is 0 Å². The number of likely N-dealkylation sites (N-methyl/N-ethyl adjacent to an activating group) is 1. The van der Waals surface area contributed by atoms with Crippen molar-refractivity contribution in [2.45, 2.75) is 13.8 Å². The molecule has 0 saturated heterocycles. The van der Waals surface area contributed by atoms with Gasteiger partial charge in [-0.1, -0.05) is 6.07 Å². The van der Waals surface area contributed by atoms with Gasteiger partial charge < -0.3 is 14.9 Å². The largest absolute Gasteiger partial charge is 0.395 e.